The van der Waals surface area contributed by atoms with Crippen molar-refractivity contribution in [2.24, 2.45) is 5.92 Å². The third-order valence-electron chi connectivity index (χ3n) is 4.94. The average Bonchev–Trinajstić information content (AvgIpc) is 3.62. The average molecular weight is 434 g/mol. The van der Waals surface area contributed by atoms with Crippen LogP contribution < -0.4 is 19.5 Å². The standard InChI is InChI=1S/C25H27N3O4/c1-17(26-18(2)29)15-31-25-13-12-24(27-28-25)20-8-10-21(11-9-20)32-23-5-3-4-22(14-23)30-16-19-6-7-19/h3-5,8-14,17,19H,6-7,15-16H2,1-2H3,(H,26,29). The van der Waals surface area contributed by atoms with E-state index in [0.717, 1.165) is 35.1 Å². The highest BCUT2D eigenvalue weighted by Gasteiger charge is 2.21. The first kappa shape index (κ1) is 21.6. The van der Waals surface area contributed by atoms with Gasteiger partial charge in [-0.3, -0.25) is 4.79 Å². The van der Waals surface area contributed by atoms with Crippen molar-refractivity contribution in [2.45, 2.75) is 32.7 Å². The van der Waals surface area contributed by atoms with Crippen LogP contribution in [0.1, 0.15) is 26.7 Å². The van der Waals surface area contributed by atoms with Crippen molar-refractivity contribution in [3.63, 3.8) is 0 Å². The quantitative estimate of drug-likeness (QED) is 0.502. The van der Waals surface area contributed by atoms with Crippen molar-refractivity contribution in [1.29, 1.82) is 0 Å². The van der Waals surface area contributed by atoms with E-state index in [-0.39, 0.29) is 11.9 Å². The van der Waals surface area contributed by atoms with Gasteiger partial charge in [-0.05, 0) is 68.1 Å². The van der Waals surface area contributed by atoms with E-state index in [9.17, 15) is 4.79 Å². The second kappa shape index (κ2) is 10.1. The molecule has 1 fully saturated rings. The fourth-order valence-corrected chi connectivity index (χ4v) is 3.11. The second-order valence-electron chi connectivity index (χ2n) is 8.03. The predicted octanol–water partition coefficient (Wildman–Crippen LogP) is 4.63. The Kier molecular flexibility index (Phi) is 6.84. The van der Waals surface area contributed by atoms with E-state index >= 15 is 0 Å². The van der Waals surface area contributed by atoms with Gasteiger partial charge in [-0.1, -0.05) is 6.07 Å². The first-order chi connectivity index (χ1) is 15.5. The van der Waals surface area contributed by atoms with E-state index in [4.69, 9.17) is 14.2 Å². The molecule has 32 heavy (non-hydrogen) atoms. The topological polar surface area (TPSA) is 82.6 Å². The van der Waals surface area contributed by atoms with E-state index in [1.54, 1.807) is 6.07 Å². The normalized spacial score (nSPS) is 13.8. The Balaban J connectivity index is 1.32. The highest BCUT2D eigenvalue weighted by atomic mass is 16.5. The van der Waals surface area contributed by atoms with E-state index in [2.05, 4.69) is 15.5 Å². The van der Waals surface area contributed by atoms with Gasteiger partial charge < -0.3 is 19.5 Å². The van der Waals surface area contributed by atoms with Crippen LogP contribution in [0.2, 0.25) is 0 Å². The lowest BCUT2D eigenvalue weighted by Gasteiger charge is -2.13. The van der Waals surface area contributed by atoms with E-state index < -0.39 is 0 Å². The van der Waals surface area contributed by atoms with Crippen molar-refractivity contribution in [3.05, 3.63) is 60.7 Å². The first-order valence-electron chi connectivity index (χ1n) is 10.8. The van der Waals surface area contributed by atoms with Crippen LogP contribution in [0.15, 0.2) is 60.7 Å². The summed E-state index contributed by atoms with van der Waals surface area (Å²) in [6.07, 6.45) is 2.53. The largest absolute Gasteiger partial charge is 0.493 e. The van der Waals surface area contributed by atoms with Gasteiger partial charge >= 0.3 is 0 Å². The van der Waals surface area contributed by atoms with Gasteiger partial charge in [0, 0.05) is 24.6 Å². The fourth-order valence-electron chi connectivity index (χ4n) is 3.11. The zero-order valence-corrected chi connectivity index (χ0v) is 18.3. The number of benzene rings is 2. The van der Waals surface area contributed by atoms with E-state index in [0.29, 0.717) is 18.4 Å². The minimum Gasteiger partial charge on any atom is -0.493 e. The number of amides is 1. The highest BCUT2D eigenvalue weighted by molar-refractivity contribution is 5.73. The van der Waals surface area contributed by atoms with Crippen molar-refractivity contribution < 1.29 is 19.0 Å². The third kappa shape index (κ3) is 6.44. The van der Waals surface area contributed by atoms with Gasteiger partial charge in [-0.15, -0.1) is 10.2 Å². The Morgan fingerprint density at radius 3 is 2.47 bits per heavy atom. The van der Waals surface area contributed by atoms with Gasteiger partial charge in [0.05, 0.1) is 18.3 Å². The van der Waals surface area contributed by atoms with Gasteiger partial charge in [0.1, 0.15) is 23.9 Å². The van der Waals surface area contributed by atoms with Crippen LogP contribution in [0.4, 0.5) is 0 Å². The summed E-state index contributed by atoms with van der Waals surface area (Å²) in [7, 11) is 0. The molecule has 0 aliphatic heterocycles. The Labute approximate surface area is 187 Å². The molecule has 3 aromatic rings. The molecule has 1 atom stereocenters. The highest BCUT2D eigenvalue weighted by Crippen LogP contribution is 2.31. The molecule has 1 aliphatic carbocycles. The number of hydrogen-bond acceptors (Lipinski definition) is 6. The molecular weight excluding hydrogens is 406 g/mol. The molecule has 1 saturated carbocycles. The summed E-state index contributed by atoms with van der Waals surface area (Å²) >= 11 is 0. The summed E-state index contributed by atoms with van der Waals surface area (Å²) in [5, 5.41) is 11.1. The van der Waals surface area contributed by atoms with Crippen molar-refractivity contribution in [3.8, 4) is 34.4 Å². The molecule has 1 unspecified atom stereocenters. The molecule has 0 radical (unpaired) electrons. The van der Waals surface area contributed by atoms with Crippen LogP contribution in [-0.4, -0.2) is 35.4 Å². The van der Waals surface area contributed by atoms with Crippen LogP contribution in [0.5, 0.6) is 23.1 Å². The predicted molar refractivity (Wildman–Crippen MR) is 121 cm³/mol. The SMILES string of the molecule is CC(=O)NC(C)COc1ccc(-c2ccc(Oc3cccc(OCC4CC4)c3)cc2)nn1. The number of carbonyl (C=O) groups is 1. The number of hydrogen-bond donors (Lipinski definition) is 1. The number of aromatic nitrogens is 2. The van der Waals surface area contributed by atoms with Crippen LogP contribution >= 0.6 is 0 Å². The molecular formula is C25H27N3O4. The molecule has 7 nitrogen and oxygen atoms in total. The molecule has 1 heterocycles. The maximum absolute atomic E-state index is 11.0. The number of carbonyl (C=O) groups excluding carboxylic acids is 1. The zero-order valence-electron chi connectivity index (χ0n) is 18.3. The fraction of sp³-hybridized carbons (Fsp3) is 0.320. The van der Waals surface area contributed by atoms with E-state index in [1.807, 2.05) is 61.5 Å². The molecule has 0 bridgehead atoms. The van der Waals surface area contributed by atoms with Gasteiger partial charge in [0.2, 0.25) is 11.8 Å². The molecule has 4 rings (SSSR count). The van der Waals surface area contributed by atoms with Gasteiger partial charge in [-0.2, -0.15) is 0 Å². The number of ether oxygens (including phenoxy) is 3. The van der Waals surface area contributed by atoms with Crippen LogP contribution in [0.3, 0.4) is 0 Å². The lowest BCUT2D eigenvalue weighted by atomic mass is 10.1. The first-order valence-corrected chi connectivity index (χ1v) is 10.8. The zero-order chi connectivity index (χ0) is 22.3. The minimum atomic E-state index is -0.105. The minimum absolute atomic E-state index is 0.0930. The summed E-state index contributed by atoms with van der Waals surface area (Å²) in [6, 6.07) is 18.9. The summed E-state index contributed by atoms with van der Waals surface area (Å²) in [5.74, 6) is 3.33. The van der Waals surface area contributed by atoms with E-state index in [1.165, 1.54) is 19.8 Å². The maximum Gasteiger partial charge on any atom is 0.233 e. The number of rotatable bonds is 10. The summed E-state index contributed by atoms with van der Waals surface area (Å²) in [6.45, 7) is 4.44. The summed E-state index contributed by atoms with van der Waals surface area (Å²) in [4.78, 5) is 11.0. The Hall–Kier alpha value is -3.61. The molecule has 1 amide bonds. The van der Waals surface area contributed by atoms with Gasteiger partial charge in [0.15, 0.2) is 0 Å². The third-order valence-corrected chi connectivity index (χ3v) is 4.94. The molecule has 1 N–H and O–H groups in total. The number of nitrogens with zero attached hydrogens (tertiary/aromatic N) is 2. The van der Waals surface area contributed by atoms with Crippen LogP contribution in [-0.2, 0) is 4.79 Å². The molecule has 0 saturated heterocycles. The Morgan fingerprint density at radius 2 is 1.78 bits per heavy atom. The second-order valence-corrected chi connectivity index (χ2v) is 8.03. The maximum atomic E-state index is 11.0. The van der Waals surface area contributed by atoms with Gasteiger partial charge in [-0.25, -0.2) is 0 Å². The molecule has 2 aromatic carbocycles. The molecule has 1 aromatic heterocycles. The molecule has 7 heteroatoms. The molecule has 0 spiro atoms. The van der Waals surface area contributed by atoms with Crippen LogP contribution in [0, 0.1) is 5.92 Å². The summed E-state index contributed by atoms with van der Waals surface area (Å²) < 4.78 is 17.4. The van der Waals surface area contributed by atoms with Crippen molar-refractivity contribution in [1.82, 2.24) is 15.5 Å². The monoisotopic (exact) mass is 433 g/mol. The van der Waals surface area contributed by atoms with Crippen molar-refractivity contribution in [2.75, 3.05) is 13.2 Å². The molecule has 166 valence electrons. The lowest BCUT2D eigenvalue weighted by molar-refractivity contribution is -0.119. The van der Waals surface area contributed by atoms with Crippen LogP contribution in [0.25, 0.3) is 11.3 Å². The lowest BCUT2D eigenvalue weighted by Crippen LogP contribution is -2.35. The Morgan fingerprint density at radius 1 is 1.00 bits per heavy atom. The Bertz CT molecular complexity index is 1030. The summed E-state index contributed by atoms with van der Waals surface area (Å²) in [5.41, 5.74) is 1.65. The van der Waals surface area contributed by atoms with Crippen molar-refractivity contribution >= 4 is 5.91 Å². The van der Waals surface area contributed by atoms with Gasteiger partial charge in [0.25, 0.3) is 0 Å². The number of nitrogens with one attached hydrogen (secondary N) is 1. The molecule has 1 aliphatic rings. The smallest absolute Gasteiger partial charge is 0.233 e.